The third kappa shape index (κ3) is 5.83. The third-order valence-corrected chi connectivity index (χ3v) is 3.46. The molecule has 3 nitrogen and oxygen atoms in total. The molecule has 0 amide bonds. The second-order valence-electron chi connectivity index (χ2n) is 5.52. The molecule has 1 unspecified atom stereocenters. The highest BCUT2D eigenvalue weighted by Gasteiger charge is 2.21. The number of rotatable bonds is 9. The zero-order valence-corrected chi connectivity index (χ0v) is 11.1. The molecule has 0 saturated heterocycles. The molecule has 1 aliphatic rings. The van der Waals surface area contributed by atoms with Gasteiger partial charge in [0.15, 0.2) is 0 Å². The maximum absolute atomic E-state index is 5.77. The zero-order valence-electron chi connectivity index (χ0n) is 11.1. The standard InChI is InChI=1S/C13H28N2O/c1-11(2)13(8-14)9-15(3)6-7-16-10-12-4-5-12/h11-13H,4-10,14H2,1-3H3. The number of hydrogen-bond acceptors (Lipinski definition) is 3. The molecule has 0 aromatic heterocycles. The number of hydrogen-bond donors (Lipinski definition) is 1. The molecule has 0 aliphatic heterocycles. The Morgan fingerprint density at radius 1 is 1.38 bits per heavy atom. The lowest BCUT2D eigenvalue weighted by Gasteiger charge is -2.25. The summed E-state index contributed by atoms with van der Waals surface area (Å²) in [4.78, 5) is 2.34. The van der Waals surface area contributed by atoms with Gasteiger partial charge in [-0.05, 0) is 44.2 Å². The molecule has 0 heterocycles. The molecule has 2 N–H and O–H groups in total. The summed E-state index contributed by atoms with van der Waals surface area (Å²) in [5, 5.41) is 0. The summed E-state index contributed by atoms with van der Waals surface area (Å²) in [7, 11) is 2.16. The van der Waals surface area contributed by atoms with Gasteiger partial charge >= 0.3 is 0 Å². The van der Waals surface area contributed by atoms with Crippen LogP contribution in [0.2, 0.25) is 0 Å². The van der Waals surface area contributed by atoms with Crippen molar-refractivity contribution in [2.24, 2.45) is 23.5 Å². The van der Waals surface area contributed by atoms with E-state index in [1.165, 1.54) is 12.8 Å². The molecule has 1 atom stereocenters. The van der Waals surface area contributed by atoms with E-state index in [0.717, 1.165) is 38.8 Å². The number of likely N-dealkylation sites (N-methyl/N-ethyl adjacent to an activating group) is 1. The first-order valence-corrected chi connectivity index (χ1v) is 6.59. The van der Waals surface area contributed by atoms with Crippen LogP contribution < -0.4 is 5.73 Å². The Hall–Kier alpha value is -0.120. The fraction of sp³-hybridized carbons (Fsp3) is 1.00. The van der Waals surface area contributed by atoms with E-state index in [0.29, 0.717) is 11.8 Å². The van der Waals surface area contributed by atoms with Crippen LogP contribution in [0.5, 0.6) is 0 Å². The molecule has 0 bridgehead atoms. The van der Waals surface area contributed by atoms with E-state index in [4.69, 9.17) is 10.5 Å². The Morgan fingerprint density at radius 2 is 2.06 bits per heavy atom. The minimum Gasteiger partial charge on any atom is -0.380 e. The van der Waals surface area contributed by atoms with E-state index in [9.17, 15) is 0 Å². The molecule has 0 radical (unpaired) electrons. The summed E-state index contributed by atoms with van der Waals surface area (Å²) < 4.78 is 5.63. The highest BCUT2D eigenvalue weighted by atomic mass is 16.5. The van der Waals surface area contributed by atoms with Gasteiger partial charge in [-0.2, -0.15) is 0 Å². The van der Waals surface area contributed by atoms with Crippen LogP contribution in [0.25, 0.3) is 0 Å². The topological polar surface area (TPSA) is 38.5 Å². The molecule has 1 aliphatic carbocycles. The largest absolute Gasteiger partial charge is 0.380 e. The van der Waals surface area contributed by atoms with Crippen molar-refractivity contribution in [2.75, 3.05) is 39.9 Å². The van der Waals surface area contributed by atoms with Gasteiger partial charge in [0.1, 0.15) is 0 Å². The molecule has 16 heavy (non-hydrogen) atoms. The fourth-order valence-electron chi connectivity index (χ4n) is 1.80. The molecule has 1 fully saturated rings. The summed E-state index contributed by atoms with van der Waals surface area (Å²) in [6, 6.07) is 0. The molecule has 0 spiro atoms. The van der Waals surface area contributed by atoms with Crippen LogP contribution in [0, 0.1) is 17.8 Å². The van der Waals surface area contributed by atoms with Crippen molar-refractivity contribution < 1.29 is 4.74 Å². The predicted octanol–water partition coefficient (Wildman–Crippen LogP) is 1.58. The van der Waals surface area contributed by atoms with Gasteiger partial charge in [-0.3, -0.25) is 0 Å². The molecular weight excluding hydrogens is 200 g/mol. The quantitative estimate of drug-likeness (QED) is 0.609. The van der Waals surface area contributed by atoms with Crippen LogP contribution in [-0.2, 0) is 4.74 Å². The average Bonchev–Trinajstić information content (AvgIpc) is 3.04. The molecular formula is C13H28N2O. The summed E-state index contributed by atoms with van der Waals surface area (Å²) in [6.07, 6.45) is 2.75. The molecule has 1 rings (SSSR count). The van der Waals surface area contributed by atoms with Crippen molar-refractivity contribution in [1.82, 2.24) is 4.90 Å². The highest BCUT2D eigenvalue weighted by molar-refractivity contribution is 4.72. The Balaban J connectivity index is 2.01. The minimum absolute atomic E-state index is 0.605. The lowest BCUT2D eigenvalue weighted by Crippen LogP contribution is -2.35. The van der Waals surface area contributed by atoms with Crippen LogP contribution >= 0.6 is 0 Å². The lowest BCUT2D eigenvalue weighted by atomic mass is 9.95. The molecule has 0 aromatic rings. The first-order valence-electron chi connectivity index (χ1n) is 6.59. The van der Waals surface area contributed by atoms with Gasteiger partial charge < -0.3 is 15.4 Å². The summed E-state index contributed by atoms with van der Waals surface area (Å²) in [5.74, 6) is 2.14. The summed E-state index contributed by atoms with van der Waals surface area (Å²) in [5.41, 5.74) is 5.77. The Labute approximate surface area is 100 Å². The van der Waals surface area contributed by atoms with Gasteiger partial charge in [0, 0.05) is 19.7 Å². The van der Waals surface area contributed by atoms with E-state index in [1.54, 1.807) is 0 Å². The van der Waals surface area contributed by atoms with Gasteiger partial charge in [0.2, 0.25) is 0 Å². The molecule has 1 saturated carbocycles. The van der Waals surface area contributed by atoms with Gasteiger partial charge in [0.05, 0.1) is 6.61 Å². The number of nitrogens with zero attached hydrogens (tertiary/aromatic N) is 1. The predicted molar refractivity (Wildman–Crippen MR) is 68.4 cm³/mol. The van der Waals surface area contributed by atoms with E-state index in [1.807, 2.05) is 0 Å². The van der Waals surface area contributed by atoms with Crippen molar-refractivity contribution in [3.05, 3.63) is 0 Å². The van der Waals surface area contributed by atoms with Gasteiger partial charge in [-0.15, -0.1) is 0 Å². The van der Waals surface area contributed by atoms with Crippen LogP contribution in [0.3, 0.4) is 0 Å². The number of nitrogens with two attached hydrogens (primary N) is 1. The number of ether oxygens (including phenoxy) is 1. The lowest BCUT2D eigenvalue weighted by molar-refractivity contribution is 0.0968. The van der Waals surface area contributed by atoms with Crippen molar-refractivity contribution >= 4 is 0 Å². The fourth-order valence-corrected chi connectivity index (χ4v) is 1.80. The smallest absolute Gasteiger partial charge is 0.0593 e. The minimum atomic E-state index is 0.605. The monoisotopic (exact) mass is 228 g/mol. The summed E-state index contributed by atoms with van der Waals surface area (Å²) >= 11 is 0. The molecule has 96 valence electrons. The van der Waals surface area contributed by atoms with E-state index >= 15 is 0 Å². The van der Waals surface area contributed by atoms with Crippen LogP contribution in [0.1, 0.15) is 26.7 Å². The maximum Gasteiger partial charge on any atom is 0.0593 e. The Kier molecular flexibility index (Phi) is 6.32. The van der Waals surface area contributed by atoms with E-state index < -0.39 is 0 Å². The highest BCUT2D eigenvalue weighted by Crippen LogP contribution is 2.28. The van der Waals surface area contributed by atoms with Crippen LogP contribution in [0.15, 0.2) is 0 Å². The molecule has 0 aromatic carbocycles. The zero-order chi connectivity index (χ0) is 12.0. The van der Waals surface area contributed by atoms with Crippen LogP contribution in [-0.4, -0.2) is 44.8 Å². The van der Waals surface area contributed by atoms with Gasteiger partial charge in [-0.1, -0.05) is 13.8 Å². The van der Waals surface area contributed by atoms with Crippen molar-refractivity contribution in [3.8, 4) is 0 Å². The SMILES string of the molecule is CC(C)C(CN)CN(C)CCOCC1CC1. The van der Waals surface area contributed by atoms with E-state index in [2.05, 4.69) is 25.8 Å². The molecule has 3 heteroatoms. The van der Waals surface area contributed by atoms with Crippen molar-refractivity contribution in [1.29, 1.82) is 0 Å². The van der Waals surface area contributed by atoms with Crippen LogP contribution in [0.4, 0.5) is 0 Å². The van der Waals surface area contributed by atoms with E-state index in [-0.39, 0.29) is 0 Å². The van der Waals surface area contributed by atoms with Gasteiger partial charge in [0.25, 0.3) is 0 Å². The van der Waals surface area contributed by atoms with Gasteiger partial charge in [-0.25, -0.2) is 0 Å². The maximum atomic E-state index is 5.77. The summed E-state index contributed by atoms with van der Waals surface area (Å²) in [6.45, 7) is 9.21. The van der Waals surface area contributed by atoms with Crippen molar-refractivity contribution in [3.63, 3.8) is 0 Å². The first kappa shape index (κ1) is 13.9. The first-order chi connectivity index (χ1) is 7.63. The average molecular weight is 228 g/mol. The second kappa shape index (κ2) is 7.25. The normalized spacial score (nSPS) is 18.4. The Bertz CT molecular complexity index is 181. The second-order valence-corrected chi connectivity index (χ2v) is 5.52. The van der Waals surface area contributed by atoms with Crippen molar-refractivity contribution in [2.45, 2.75) is 26.7 Å². The third-order valence-electron chi connectivity index (χ3n) is 3.46. The Morgan fingerprint density at radius 3 is 2.56 bits per heavy atom.